The maximum atomic E-state index is 12.3. The Hall–Kier alpha value is -2.16. The van der Waals surface area contributed by atoms with Crippen LogP contribution >= 0.6 is 0 Å². The summed E-state index contributed by atoms with van der Waals surface area (Å²) in [4.78, 5) is 16.8. The third-order valence-electron chi connectivity index (χ3n) is 6.36. The number of hydrogen-bond donors (Lipinski definition) is 2. The highest BCUT2D eigenvalue weighted by atomic mass is 19.4. The molecule has 2 fully saturated rings. The quantitative estimate of drug-likeness (QED) is 0.566. The van der Waals surface area contributed by atoms with Crippen LogP contribution in [-0.4, -0.2) is 62.1 Å². The van der Waals surface area contributed by atoms with E-state index in [0.717, 1.165) is 51.0 Å². The topological polar surface area (TPSA) is 56.8 Å². The smallest absolute Gasteiger partial charge is 0.406 e. The third kappa shape index (κ3) is 8.07. The molecule has 1 unspecified atom stereocenters. The fourth-order valence-electron chi connectivity index (χ4n) is 4.51. The molecule has 0 radical (unpaired) electrons. The minimum atomic E-state index is -4.68. The molecule has 2 aliphatic rings. The van der Waals surface area contributed by atoms with E-state index in [0.29, 0.717) is 12.6 Å². The molecule has 180 valence electrons. The van der Waals surface area contributed by atoms with E-state index in [1.807, 2.05) is 0 Å². The van der Waals surface area contributed by atoms with Gasteiger partial charge in [-0.2, -0.15) is 0 Å². The van der Waals surface area contributed by atoms with Crippen LogP contribution in [0.1, 0.15) is 51.9 Å². The molecule has 6 nitrogen and oxygen atoms in total. The van der Waals surface area contributed by atoms with Crippen molar-refractivity contribution in [3.8, 4) is 5.75 Å². The van der Waals surface area contributed by atoms with Gasteiger partial charge in [-0.15, -0.1) is 13.2 Å². The minimum absolute atomic E-state index is 0.105. The lowest BCUT2D eigenvalue weighted by molar-refractivity contribution is -0.274. The summed E-state index contributed by atoms with van der Waals surface area (Å²) in [5.41, 5.74) is 0.852. The molecule has 9 heteroatoms. The normalized spacial score (nSPS) is 20.8. The Morgan fingerprint density at radius 2 is 1.78 bits per heavy atom. The molecule has 32 heavy (non-hydrogen) atoms. The highest BCUT2D eigenvalue weighted by Gasteiger charge is 2.31. The largest absolute Gasteiger partial charge is 0.573 e. The van der Waals surface area contributed by atoms with Crippen LogP contribution in [0.5, 0.6) is 5.75 Å². The number of ether oxygens (including phenoxy) is 1. The highest BCUT2D eigenvalue weighted by molar-refractivity contribution is 5.74. The lowest BCUT2D eigenvalue weighted by Crippen LogP contribution is -2.48. The van der Waals surface area contributed by atoms with Crippen molar-refractivity contribution in [1.82, 2.24) is 15.5 Å². The van der Waals surface area contributed by atoms with Gasteiger partial charge in [-0.25, -0.2) is 4.79 Å². The maximum Gasteiger partial charge on any atom is 0.573 e. The third-order valence-corrected chi connectivity index (χ3v) is 6.36. The van der Waals surface area contributed by atoms with Gasteiger partial charge < -0.3 is 25.2 Å². The average Bonchev–Trinajstić information content (AvgIpc) is 2.75. The average molecular weight is 457 g/mol. The van der Waals surface area contributed by atoms with Gasteiger partial charge in [0.1, 0.15) is 5.75 Å². The standard InChI is InChI=1S/C23H35F3N4O2/c1-18-6-2-4-14-29(18)15-5-3-13-27-22(31)28-19-11-16-30(17-12-19)20-7-9-21(10-8-20)32-23(24,25)26/h7-10,18-19H,2-6,11-17H2,1H3,(H2,27,28,31). The molecular weight excluding hydrogens is 421 g/mol. The van der Waals surface area contributed by atoms with Crippen LogP contribution in [0.25, 0.3) is 0 Å². The molecule has 1 aromatic rings. The van der Waals surface area contributed by atoms with Crippen molar-refractivity contribution >= 4 is 11.7 Å². The highest BCUT2D eigenvalue weighted by Crippen LogP contribution is 2.26. The van der Waals surface area contributed by atoms with Crippen molar-refractivity contribution in [2.24, 2.45) is 0 Å². The number of halogens is 3. The van der Waals surface area contributed by atoms with E-state index in [2.05, 4.69) is 32.1 Å². The lowest BCUT2D eigenvalue weighted by Gasteiger charge is -2.34. The summed E-state index contributed by atoms with van der Waals surface area (Å²) >= 11 is 0. The molecule has 0 saturated carbocycles. The molecule has 0 spiro atoms. The first-order valence-corrected chi connectivity index (χ1v) is 11.7. The molecule has 2 heterocycles. The molecule has 2 amide bonds. The Bertz CT molecular complexity index is 706. The Morgan fingerprint density at radius 3 is 2.44 bits per heavy atom. The van der Waals surface area contributed by atoms with Crippen molar-refractivity contribution in [3.63, 3.8) is 0 Å². The van der Waals surface area contributed by atoms with Crippen LogP contribution in [0.2, 0.25) is 0 Å². The number of amides is 2. The zero-order chi connectivity index (χ0) is 23.0. The Kier molecular flexibility index (Phi) is 8.90. The van der Waals surface area contributed by atoms with Crippen molar-refractivity contribution < 1.29 is 22.7 Å². The number of piperidine rings is 2. The molecule has 0 aliphatic carbocycles. The van der Waals surface area contributed by atoms with E-state index in [-0.39, 0.29) is 17.8 Å². The molecule has 2 aliphatic heterocycles. The molecular formula is C23H35F3N4O2. The van der Waals surface area contributed by atoms with Gasteiger partial charge in [-0.05, 0) is 82.8 Å². The number of anilines is 1. The summed E-state index contributed by atoms with van der Waals surface area (Å²) in [6.07, 6.45) is 2.89. The van der Waals surface area contributed by atoms with Crippen molar-refractivity contribution in [1.29, 1.82) is 0 Å². The summed E-state index contributed by atoms with van der Waals surface area (Å²) in [6.45, 7) is 6.75. The van der Waals surface area contributed by atoms with Gasteiger partial charge in [0.25, 0.3) is 0 Å². The van der Waals surface area contributed by atoms with Crippen LogP contribution in [0.4, 0.5) is 23.7 Å². The first-order valence-electron chi connectivity index (χ1n) is 11.7. The van der Waals surface area contributed by atoms with E-state index in [9.17, 15) is 18.0 Å². The minimum Gasteiger partial charge on any atom is -0.406 e. The van der Waals surface area contributed by atoms with Gasteiger partial charge >= 0.3 is 12.4 Å². The van der Waals surface area contributed by atoms with E-state index in [1.165, 1.54) is 37.9 Å². The van der Waals surface area contributed by atoms with Gasteiger partial charge in [-0.3, -0.25) is 0 Å². The van der Waals surface area contributed by atoms with Crippen LogP contribution in [0, 0.1) is 0 Å². The molecule has 0 aromatic heterocycles. The van der Waals surface area contributed by atoms with Crippen molar-refractivity contribution in [3.05, 3.63) is 24.3 Å². The van der Waals surface area contributed by atoms with Gasteiger partial charge in [0.2, 0.25) is 0 Å². The molecule has 2 N–H and O–H groups in total. The summed E-state index contributed by atoms with van der Waals surface area (Å²) in [7, 11) is 0. The number of nitrogens with zero attached hydrogens (tertiary/aromatic N) is 2. The second-order valence-corrected chi connectivity index (χ2v) is 8.79. The van der Waals surface area contributed by atoms with Crippen molar-refractivity contribution in [2.45, 2.75) is 70.3 Å². The molecule has 2 saturated heterocycles. The zero-order valence-corrected chi connectivity index (χ0v) is 18.8. The van der Waals surface area contributed by atoms with Crippen molar-refractivity contribution in [2.75, 3.05) is 37.6 Å². The second kappa shape index (κ2) is 11.6. The number of carbonyl (C=O) groups is 1. The predicted molar refractivity (Wildman–Crippen MR) is 119 cm³/mol. The Morgan fingerprint density at radius 1 is 1.06 bits per heavy atom. The van der Waals surface area contributed by atoms with E-state index in [1.54, 1.807) is 12.1 Å². The summed E-state index contributed by atoms with van der Waals surface area (Å²) in [5, 5.41) is 6.00. The van der Waals surface area contributed by atoms with Gasteiger partial charge in [0.05, 0.1) is 0 Å². The number of carbonyl (C=O) groups excluding carboxylic acids is 1. The summed E-state index contributed by atoms with van der Waals surface area (Å²) < 4.78 is 40.7. The first-order chi connectivity index (χ1) is 15.3. The monoisotopic (exact) mass is 456 g/mol. The van der Waals surface area contributed by atoms with Crippen LogP contribution in [-0.2, 0) is 0 Å². The predicted octanol–water partition coefficient (Wildman–Crippen LogP) is 4.51. The number of benzene rings is 1. The van der Waals surface area contributed by atoms with Crippen LogP contribution in [0.3, 0.4) is 0 Å². The molecule has 1 aromatic carbocycles. The van der Waals surface area contributed by atoms with E-state index in [4.69, 9.17) is 0 Å². The number of urea groups is 1. The number of nitrogens with one attached hydrogen (secondary N) is 2. The maximum absolute atomic E-state index is 12.3. The van der Waals surface area contributed by atoms with Crippen LogP contribution < -0.4 is 20.3 Å². The number of rotatable bonds is 8. The van der Waals surface area contributed by atoms with E-state index >= 15 is 0 Å². The number of alkyl halides is 3. The fourth-order valence-corrected chi connectivity index (χ4v) is 4.51. The molecule has 0 bridgehead atoms. The fraction of sp³-hybridized carbons (Fsp3) is 0.696. The Balaban J connectivity index is 1.28. The van der Waals surface area contributed by atoms with E-state index < -0.39 is 6.36 Å². The molecule has 1 atom stereocenters. The SMILES string of the molecule is CC1CCCCN1CCCCNC(=O)NC1CCN(c2ccc(OC(F)(F)F)cc2)CC1. The second-order valence-electron chi connectivity index (χ2n) is 8.79. The van der Waals surface area contributed by atoms with Gasteiger partial charge in [-0.1, -0.05) is 6.42 Å². The lowest BCUT2D eigenvalue weighted by atomic mass is 10.0. The number of likely N-dealkylation sites (tertiary alicyclic amines) is 1. The number of unbranched alkanes of at least 4 members (excludes halogenated alkanes) is 1. The first kappa shape index (κ1) is 24.5. The molecule has 3 rings (SSSR count). The zero-order valence-electron chi connectivity index (χ0n) is 18.8. The summed E-state index contributed by atoms with van der Waals surface area (Å²) in [5.74, 6) is -0.222. The van der Waals surface area contributed by atoms with Crippen LogP contribution in [0.15, 0.2) is 24.3 Å². The Labute approximate surface area is 188 Å². The van der Waals surface area contributed by atoms with Gasteiger partial charge in [0, 0.05) is 37.4 Å². The number of hydrogen-bond acceptors (Lipinski definition) is 4. The summed E-state index contributed by atoms with van der Waals surface area (Å²) in [6, 6.07) is 6.58. The van der Waals surface area contributed by atoms with Gasteiger partial charge in [0.15, 0.2) is 0 Å².